The largest absolute Gasteiger partial charge is 0.352 e. The van der Waals surface area contributed by atoms with Crippen molar-refractivity contribution < 1.29 is 13.2 Å². The number of anilines is 1. The van der Waals surface area contributed by atoms with Crippen molar-refractivity contribution in [3.63, 3.8) is 0 Å². The Morgan fingerprint density at radius 1 is 1.04 bits per heavy atom. The van der Waals surface area contributed by atoms with Crippen LogP contribution in [0.2, 0.25) is 0 Å². The van der Waals surface area contributed by atoms with Crippen LogP contribution in [-0.2, 0) is 10.0 Å². The maximum absolute atomic E-state index is 12.6. The van der Waals surface area contributed by atoms with E-state index in [0.717, 1.165) is 0 Å². The first-order valence-corrected chi connectivity index (χ1v) is 9.18. The minimum absolute atomic E-state index is 0.163. The number of carbonyl (C=O) groups excluding carboxylic acids is 1. The van der Waals surface area contributed by atoms with Crippen molar-refractivity contribution in [1.29, 1.82) is 0 Å². The van der Waals surface area contributed by atoms with Gasteiger partial charge in [0.05, 0.1) is 10.6 Å². The van der Waals surface area contributed by atoms with Crippen LogP contribution < -0.4 is 9.62 Å². The molecule has 0 saturated heterocycles. The van der Waals surface area contributed by atoms with E-state index < -0.39 is 10.0 Å². The van der Waals surface area contributed by atoms with Gasteiger partial charge in [-0.15, -0.1) is 0 Å². The highest BCUT2D eigenvalue weighted by atomic mass is 32.2. The highest BCUT2D eigenvalue weighted by Crippen LogP contribution is 2.22. The molecule has 0 aromatic heterocycles. The lowest BCUT2D eigenvalue weighted by Crippen LogP contribution is -2.28. The fourth-order valence-electron chi connectivity index (χ4n) is 2.11. The molecule has 6 heteroatoms. The summed E-state index contributed by atoms with van der Waals surface area (Å²) in [4.78, 5) is 12.2. The molecule has 0 aliphatic heterocycles. The van der Waals surface area contributed by atoms with Gasteiger partial charge in [-0.25, -0.2) is 8.42 Å². The Labute approximate surface area is 143 Å². The van der Waals surface area contributed by atoms with Crippen molar-refractivity contribution in [3.8, 4) is 0 Å². The minimum Gasteiger partial charge on any atom is -0.352 e. The predicted molar refractivity (Wildman–Crippen MR) is 95.6 cm³/mol. The van der Waals surface area contributed by atoms with Gasteiger partial charge in [-0.3, -0.25) is 9.10 Å². The van der Waals surface area contributed by atoms with E-state index in [0.29, 0.717) is 23.7 Å². The summed E-state index contributed by atoms with van der Waals surface area (Å²) in [7, 11) is -2.12. The van der Waals surface area contributed by atoms with Crippen LogP contribution >= 0.6 is 0 Å². The van der Waals surface area contributed by atoms with Crippen LogP contribution in [0.5, 0.6) is 0 Å². The fraction of sp³-hybridized carbons (Fsp3) is 0.278. The first-order valence-electron chi connectivity index (χ1n) is 7.74. The van der Waals surface area contributed by atoms with Gasteiger partial charge >= 0.3 is 0 Å². The zero-order valence-corrected chi connectivity index (χ0v) is 14.9. The molecule has 2 rings (SSSR count). The van der Waals surface area contributed by atoms with Gasteiger partial charge in [-0.1, -0.05) is 32.0 Å². The van der Waals surface area contributed by atoms with Crippen molar-refractivity contribution in [2.24, 2.45) is 5.92 Å². The second kappa shape index (κ2) is 7.49. The SMILES string of the molecule is CC(C)CNC(=O)c1ccc(N(C)S(=O)(=O)c2ccccc2)cc1. The third-order valence-corrected chi connectivity index (χ3v) is 5.37. The number of rotatable bonds is 6. The van der Waals surface area contributed by atoms with Crippen molar-refractivity contribution in [2.45, 2.75) is 18.7 Å². The van der Waals surface area contributed by atoms with E-state index in [-0.39, 0.29) is 10.8 Å². The molecule has 0 bridgehead atoms. The van der Waals surface area contributed by atoms with E-state index in [2.05, 4.69) is 5.32 Å². The van der Waals surface area contributed by atoms with Gasteiger partial charge in [0.1, 0.15) is 0 Å². The Bertz CT molecular complexity index is 785. The third kappa shape index (κ3) is 4.14. The van der Waals surface area contributed by atoms with Crippen LogP contribution in [0.25, 0.3) is 0 Å². The number of carbonyl (C=O) groups is 1. The maximum Gasteiger partial charge on any atom is 0.264 e. The maximum atomic E-state index is 12.6. The molecule has 0 saturated carbocycles. The second-order valence-electron chi connectivity index (χ2n) is 5.94. The lowest BCUT2D eigenvalue weighted by molar-refractivity contribution is 0.0949. The van der Waals surface area contributed by atoms with E-state index in [1.807, 2.05) is 13.8 Å². The normalized spacial score (nSPS) is 11.3. The molecule has 5 nitrogen and oxygen atoms in total. The number of benzene rings is 2. The highest BCUT2D eigenvalue weighted by molar-refractivity contribution is 7.92. The van der Waals surface area contributed by atoms with E-state index in [1.165, 1.54) is 11.4 Å². The van der Waals surface area contributed by atoms with Gasteiger partial charge in [-0.2, -0.15) is 0 Å². The van der Waals surface area contributed by atoms with Crippen LogP contribution in [0.15, 0.2) is 59.5 Å². The Kier molecular flexibility index (Phi) is 5.62. The third-order valence-electron chi connectivity index (χ3n) is 3.57. The highest BCUT2D eigenvalue weighted by Gasteiger charge is 2.21. The standard InChI is InChI=1S/C18H22N2O3S/c1-14(2)13-19-18(21)15-9-11-16(12-10-15)20(3)24(22,23)17-7-5-4-6-8-17/h4-12,14H,13H2,1-3H3,(H,19,21). The Balaban J connectivity index is 2.17. The molecule has 0 aliphatic rings. The van der Waals surface area contributed by atoms with Gasteiger partial charge in [0.2, 0.25) is 0 Å². The number of nitrogens with one attached hydrogen (secondary N) is 1. The Morgan fingerprint density at radius 2 is 1.62 bits per heavy atom. The number of hydrogen-bond donors (Lipinski definition) is 1. The summed E-state index contributed by atoms with van der Waals surface area (Å²) in [5.74, 6) is 0.208. The molecule has 1 amide bonds. The number of amides is 1. The van der Waals surface area contributed by atoms with E-state index >= 15 is 0 Å². The molecular formula is C18H22N2O3S. The summed E-state index contributed by atoms with van der Waals surface area (Å²) in [5, 5.41) is 2.83. The lowest BCUT2D eigenvalue weighted by atomic mass is 10.1. The van der Waals surface area contributed by atoms with Gasteiger partial charge in [0, 0.05) is 19.2 Å². The second-order valence-corrected chi connectivity index (χ2v) is 7.91. The first-order chi connectivity index (χ1) is 11.3. The van der Waals surface area contributed by atoms with E-state index in [1.54, 1.807) is 54.6 Å². The Morgan fingerprint density at radius 3 is 2.17 bits per heavy atom. The number of sulfonamides is 1. The van der Waals surface area contributed by atoms with Crippen LogP contribution in [0.4, 0.5) is 5.69 Å². The van der Waals surface area contributed by atoms with Crippen molar-refractivity contribution in [2.75, 3.05) is 17.9 Å². The monoisotopic (exact) mass is 346 g/mol. The molecule has 0 radical (unpaired) electrons. The molecular weight excluding hydrogens is 324 g/mol. The molecule has 1 N–H and O–H groups in total. The first kappa shape index (κ1) is 18.0. The summed E-state index contributed by atoms with van der Waals surface area (Å²) in [5.41, 5.74) is 1.00. The number of nitrogens with zero attached hydrogens (tertiary/aromatic N) is 1. The molecule has 0 spiro atoms. The Hall–Kier alpha value is -2.34. The minimum atomic E-state index is -3.61. The van der Waals surface area contributed by atoms with Crippen LogP contribution in [-0.4, -0.2) is 27.9 Å². The number of hydrogen-bond acceptors (Lipinski definition) is 3. The van der Waals surface area contributed by atoms with Crippen LogP contribution in [0.1, 0.15) is 24.2 Å². The molecule has 0 fully saturated rings. The molecule has 0 unspecified atom stereocenters. The zero-order chi connectivity index (χ0) is 17.7. The quantitative estimate of drug-likeness (QED) is 0.874. The van der Waals surface area contributed by atoms with Crippen LogP contribution in [0, 0.1) is 5.92 Å². The average molecular weight is 346 g/mol. The molecule has 0 aliphatic carbocycles. The van der Waals surface area contributed by atoms with Crippen LogP contribution in [0.3, 0.4) is 0 Å². The van der Waals surface area contributed by atoms with Gasteiger partial charge in [0.25, 0.3) is 15.9 Å². The molecule has 2 aromatic carbocycles. The average Bonchev–Trinajstić information content (AvgIpc) is 2.59. The van der Waals surface area contributed by atoms with Gasteiger partial charge in [0.15, 0.2) is 0 Å². The molecule has 24 heavy (non-hydrogen) atoms. The van der Waals surface area contributed by atoms with Gasteiger partial charge < -0.3 is 5.32 Å². The predicted octanol–water partition coefficient (Wildman–Crippen LogP) is 2.90. The zero-order valence-electron chi connectivity index (χ0n) is 14.1. The van der Waals surface area contributed by atoms with E-state index in [4.69, 9.17) is 0 Å². The summed E-state index contributed by atoms with van der Waals surface area (Å²) in [6, 6.07) is 14.8. The van der Waals surface area contributed by atoms with Crippen molar-refractivity contribution in [3.05, 3.63) is 60.2 Å². The summed E-state index contributed by atoms with van der Waals surface area (Å²) in [6.45, 7) is 4.64. The molecule has 0 atom stereocenters. The molecule has 2 aromatic rings. The summed E-state index contributed by atoms with van der Waals surface area (Å²) >= 11 is 0. The topological polar surface area (TPSA) is 66.5 Å². The van der Waals surface area contributed by atoms with Gasteiger partial charge in [-0.05, 0) is 42.3 Å². The lowest BCUT2D eigenvalue weighted by Gasteiger charge is -2.19. The summed E-state index contributed by atoms with van der Waals surface area (Å²) in [6.07, 6.45) is 0. The smallest absolute Gasteiger partial charge is 0.264 e. The summed E-state index contributed by atoms with van der Waals surface area (Å²) < 4.78 is 26.4. The van der Waals surface area contributed by atoms with E-state index in [9.17, 15) is 13.2 Å². The van der Waals surface area contributed by atoms with Crippen molar-refractivity contribution in [1.82, 2.24) is 5.32 Å². The fourth-order valence-corrected chi connectivity index (χ4v) is 3.33. The van der Waals surface area contributed by atoms with Crippen molar-refractivity contribution >= 4 is 21.6 Å². The molecule has 128 valence electrons. The molecule has 0 heterocycles.